The SMILES string of the molecule is CC(C)CCCC(C)NCc1ccccn1. The Bertz CT molecular complexity index is 269. The molecule has 0 fully saturated rings. The Hall–Kier alpha value is -0.890. The summed E-state index contributed by atoms with van der Waals surface area (Å²) in [6, 6.07) is 6.64. The van der Waals surface area contributed by atoms with Crippen LogP contribution in [0, 0.1) is 5.92 Å². The Balaban J connectivity index is 2.13. The molecule has 1 N–H and O–H groups in total. The van der Waals surface area contributed by atoms with Crippen molar-refractivity contribution < 1.29 is 0 Å². The molecule has 0 saturated heterocycles. The van der Waals surface area contributed by atoms with Crippen molar-refractivity contribution in [1.82, 2.24) is 10.3 Å². The molecule has 0 spiro atoms. The van der Waals surface area contributed by atoms with Crippen LogP contribution >= 0.6 is 0 Å². The Morgan fingerprint density at radius 3 is 2.62 bits per heavy atom. The lowest BCUT2D eigenvalue weighted by Crippen LogP contribution is -2.25. The molecule has 0 aliphatic rings. The van der Waals surface area contributed by atoms with E-state index in [0.29, 0.717) is 6.04 Å². The van der Waals surface area contributed by atoms with Gasteiger partial charge in [-0.15, -0.1) is 0 Å². The van der Waals surface area contributed by atoms with Crippen LogP contribution in [0.3, 0.4) is 0 Å². The van der Waals surface area contributed by atoms with E-state index < -0.39 is 0 Å². The van der Waals surface area contributed by atoms with E-state index in [1.165, 1.54) is 19.3 Å². The van der Waals surface area contributed by atoms with Gasteiger partial charge < -0.3 is 5.32 Å². The van der Waals surface area contributed by atoms with Crippen LogP contribution in [0.4, 0.5) is 0 Å². The number of nitrogens with zero attached hydrogens (tertiary/aromatic N) is 1. The molecular formula is C14H24N2. The summed E-state index contributed by atoms with van der Waals surface area (Å²) in [5.74, 6) is 0.822. The van der Waals surface area contributed by atoms with Crippen LogP contribution in [0.5, 0.6) is 0 Å². The third-order valence-corrected chi connectivity index (χ3v) is 2.78. The highest BCUT2D eigenvalue weighted by atomic mass is 14.9. The fourth-order valence-corrected chi connectivity index (χ4v) is 1.72. The van der Waals surface area contributed by atoms with Crippen molar-refractivity contribution in [3.63, 3.8) is 0 Å². The zero-order valence-electron chi connectivity index (χ0n) is 10.7. The smallest absolute Gasteiger partial charge is 0.0541 e. The van der Waals surface area contributed by atoms with E-state index in [1.54, 1.807) is 0 Å². The standard InChI is InChI=1S/C14H24N2/c1-12(2)7-6-8-13(3)16-11-14-9-4-5-10-15-14/h4-5,9-10,12-13,16H,6-8,11H2,1-3H3. The second kappa shape index (κ2) is 7.39. The van der Waals surface area contributed by atoms with Gasteiger partial charge in [-0.3, -0.25) is 4.98 Å². The Labute approximate surface area is 99.5 Å². The summed E-state index contributed by atoms with van der Waals surface area (Å²) >= 11 is 0. The van der Waals surface area contributed by atoms with Crippen LogP contribution in [0.25, 0.3) is 0 Å². The number of nitrogens with one attached hydrogen (secondary N) is 1. The summed E-state index contributed by atoms with van der Waals surface area (Å²) in [6.07, 6.45) is 5.75. The minimum atomic E-state index is 0.584. The highest BCUT2D eigenvalue weighted by molar-refractivity contribution is 5.02. The quantitative estimate of drug-likeness (QED) is 0.762. The van der Waals surface area contributed by atoms with E-state index in [0.717, 1.165) is 18.2 Å². The van der Waals surface area contributed by atoms with Crippen molar-refractivity contribution in [2.45, 2.75) is 52.6 Å². The average Bonchev–Trinajstić information content (AvgIpc) is 2.27. The molecule has 0 saturated carbocycles. The number of pyridine rings is 1. The average molecular weight is 220 g/mol. The summed E-state index contributed by atoms with van der Waals surface area (Å²) in [5, 5.41) is 3.51. The molecule has 1 rings (SSSR count). The van der Waals surface area contributed by atoms with Crippen molar-refractivity contribution >= 4 is 0 Å². The molecule has 0 aliphatic carbocycles. The molecule has 1 aromatic heterocycles. The molecule has 0 radical (unpaired) electrons. The Morgan fingerprint density at radius 1 is 1.19 bits per heavy atom. The van der Waals surface area contributed by atoms with Crippen molar-refractivity contribution in [3.05, 3.63) is 30.1 Å². The maximum Gasteiger partial charge on any atom is 0.0541 e. The monoisotopic (exact) mass is 220 g/mol. The largest absolute Gasteiger partial charge is 0.309 e. The predicted molar refractivity (Wildman–Crippen MR) is 69.2 cm³/mol. The van der Waals surface area contributed by atoms with Crippen LogP contribution in [-0.2, 0) is 6.54 Å². The molecule has 0 aromatic carbocycles. The van der Waals surface area contributed by atoms with Crippen LogP contribution < -0.4 is 5.32 Å². The van der Waals surface area contributed by atoms with Crippen molar-refractivity contribution in [1.29, 1.82) is 0 Å². The molecule has 1 unspecified atom stereocenters. The third kappa shape index (κ3) is 5.86. The second-order valence-electron chi connectivity index (χ2n) is 4.93. The summed E-state index contributed by atoms with van der Waals surface area (Å²) in [7, 11) is 0. The van der Waals surface area contributed by atoms with E-state index in [1.807, 2.05) is 18.3 Å². The molecule has 1 heterocycles. The number of aromatic nitrogens is 1. The van der Waals surface area contributed by atoms with Crippen LogP contribution in [0.2, 0.25) is 0 Å². The van der Waals surface area contributed by atoms with Crippen LogP contribution in [0.15, 0.2) is 24.4 Å². The van der Waals surface area contributed by atoms with E-state index >= 15 is 0 Å². The summed E-state index contributed by atoms with van der Waals surface area (Å²) < 4.78 is 0. The first-order valence-electron chi connectivity index (χ1n) is 6.31. The topological polar surface area (TPSA) is 24.9 Å². The van der Waals surface area contributed by atoms with Gasteiger partial charge in [0.2, 0.25) is 0 Å². The Morgan fingerprint density at radius 2 is 2.00 bits per heavy atom. The van der Waals surface area contributed by atoms with Gasteiger partial charge in [0.15, 0.2) is 0 Å². The highest BCUT2D eigenvalue weighted by Crippen LogP contribution is 2.08. The first-order chi connectivity index (χ1) is 7.68. The molecule has 0 amide bonds. The fraction of sp³-hybridized carbons (Fsp3) is 0.643. The Kier molecular flexibility index (Phi) is 6.09. The predicted octanol–water partition coefficient (Wildman–Crippen LogP) is 3.39. The van der Waals surface area contributed by atoms with Crippen LogP contribution in [0.1, 0.15) is 45.7 Å². The molecular weight excluding hydrogens is 196 g/mol. The van der Waals surface area contributed by atoms with Gasteiger partial charge in [-0.1, -0.05) is 32.8 Å². The van der Waals surface area contributed by atoms with Crippen molar-refractivity contribution in [3.8, 4) is 0 Å². The normalized spacial score (nSPS) is 13.0. The first kappa shape index (κ1) is 13.2. The third-order valence-electron chi connectivity index (χ3n) is 2.78. The van der Waals surface area contributed by atoms with E-state index in [2.05, 4.69) is 37.1 Å². The van der Waals surface area contributed by atoms with Gasteiger partial charge in [-0.2, -0.15) is 0 Å². The van der Waals surface area contributed by atoms with Crippen molar-refractivity contribution in [2.75, 3.05) is 0 Å². The van der Waals surface area contributed by atoms with E-state index in [-0.39, 0.29) is 0 Å². The molecule has 1 aromatic rings. The van der Waals surface area contributed by atoms with E-state index in [9.17, 15) is 0 Å². The molecule has 16 heavy (non-hydrogen) atoms. The summed E-state index contributed by atoms with van der Waals surface area (Å²) in [4.78, 5) is 4.30. The highest BCUT2D eigenvalue weighted by Gasteiger charge is 2.02. The maximum absolute atomic E-state index is 4.30. The van der Waals surface area contributed by atoms with E-state index in [4.69, 9.17) is 0 Å². The molecule has 0 bridgehead atoms. The summed E-state index contributed by atoms with van der Waals surface area (Å²) in [5.41, 5.74) is 1.12. The zero-order valence-corrected chi connectivity index (χ0v) is 10.7. The molecule has 90 valence electrons. The second-order valence-corrected chi connectivity index (χ2v) is 4.93. The van der Waals surface area contributed by atoms with Gasteiger partial charge in [0, 0.05) is 18.8 Å². The molecule has 2 heteroatoms. The van der Waals surface area contributed by atoms with Gasteiger partial charge >= 0.3 is 0 Å². The van der Waals surface area contributed by atoms with Crippen molar-refractivity contribution in [2.24, 2.45) is 5.92 Å². The minimum absolute atomic E-state index is 0.584. The molecule has 2 nitrogen and oxygen atoms in total. The number of hydrogen-bond donors (Lipinski definition) is 1. The van der Waals surface area contributed by atoms with Gasteiger partial charge in [0.25, 0.3) is 0 Å². The minimum Gasteiger partial charge on any atom is -0.309 e. The van der Waals surface area contributed by atoms with Crippen LogP contribution in [-0.4, -0.2) is 11.0 Å². The number of hydrogen-bond acceptors (Lipinski definition) is 2. The zero-order chi connectivity index (χ0) is 11.8. The fourth-order valence-electron chi connectivity index (χ4n) is 1.72. The summed E-state index contributed by atoms with van der Waals surface area (Å²) in [6.45, 7) is 7.70. The first-order valence-corrected chi connectivity index (χ1v) is 6.31. The maximum atomic E-state index is 4.30. The lowest BCUT2D eigenvalue weighted by molar-refractivity contribution is 0.455. The molecule has 0 aliphatic heterocycles. The lowest BCUT2D eigenvalue weighted by Gasteiger charge is -2.14. The van der Waals surface area contributed by atoms with Gasteiger partial charge in [-0.25, -0.2) is 0 Å². The molecule has 1 atom stereocenters. The van der Waals surface area contributed by atoms with Gasteiger partial charge in [-0.05, 0) is 31.4 Å². The lowest BCUT2D eigenvalue weighted by atomic mass is 10.0. The number of rotatable bonds is 7. The van der Waals surface area contributed by atoms with Gasteiger partial charge in [0.05, 0.1) is 5.69 Å². The van der Waals surface area contributed by atoms with Gasteiger partial charge in [0.1, 0.15) is 0 Å².